The van der Waals surface area contributed by atoms with Crippen LogP contribution >= 0.6 is 0 Å². The summed E-state index contributed by atoms with van der Waals surface area (Å²) in [5.41, 5.74) is -1.04. The van der Waals surface area contributed by atoms with Gasteiger partial charge in [0.05, 0.1) is 4.92 Å². The molecular weight excluding hydrogens is 252 g/mol. The predicted molar refractivity (Wildman–Crippen MR) is 64.4 cm³/mol. The smallest absolute Gasteiger partial charge is 0.342 e. The minimum absolute atomic E-state index is 0.0193. The number of carboxylic acid groups (broad SMARTS) is 1. The van der Waals surface area contributed by atoms with E-state index in [0.717, 1.165) is 12.3 Å². The Kier molecular flexibility index (Phi) is 3.37. The fraction of sp³-hybridized carbons (Fsp3) is 0. The molecule has 0 spiro atoms. The molecule has 19 heavy (non-hydrogen) atoms. The van der Waals surface area contributed by atoms with Gasteiger partial charge in [-0.3, -0.25) is 10.1 Å². The van der Waals surface area contributed by atoms with Gasteiger partial charge in [0.15, 0.2) is 0 Å². The first-order chi connectivity index (χ1) is 9.08. The van der Waals surface area contributed by atoms with Crippen molar-refractivity contribution in [2.24, 2.45) is 0 Å². The van der Waals surface area contributed by atoms with Gasteiger partial charge in [0.25, 0.3) is 0 Å². The Labute approximate surface area is 107 Å². The van der Waals surface area contributed by atoms with Gasteiger partial charge >= 0.3 is 11.7 Å². The molecule has 0 unspecified atom stereocenters. The Bertz CT molecular complexity index is 627. The molecule has 0 radical (unpaired) electrons. The van der Waals surface area contributed by atoms with Gasteiger partial charge in [0.2, 0.25) is 5.88 Å². The summed E-state index contributed by atoms with van der Waals surface area (Å²) in [6, 6.07) is 9.59. The van der Waals surface area contributed by atoms with Crippen molar-refractivity contribution in [3.05, 3.63) is 58.3 Å². The lowest BCUT2D eigenvalue weighted by Gasteiger charge is -2.05. The highest BCUT2D eigenvalue weighted by molar-refractivity contribution is 5.92. The van der Waals surface area contributed by atoms with Crippen molar-refractivity contribution in [2.75, 3.05) is 0 Å². The van der Waals surface area contributed by atoms with Crippen LogP contribution in [0.1, 0.15) is 10.4 Å². The number of benzene rings is 1. The molecule has 0 saturated heterocycles. The highest BCUT2D eigenvalue weighted by Gasteiger charge is 2.21. The van der Waals surface area contributed by atoms with E-state index in [1.165, 1.54) is 0 Å². The average Bonchev–Trinajstić information content (AvgIpc) is 2.39. The van der Waals surface area contributed by atoms with Gasteiger partial charge in [-0.2, -0.15) is 0 Å². The molecule has 1 aromatic carbocycles. The topological polar surface area (TPSA) is 103 Å². The number of ether oxygens (including phenoxy) is 1. The van der Waals surface area contributed by atoms with Gasteiger partial charge in [0.1, 0.15) is 17.5 Å². The minimum Gasteiger partial charge on any atom is -0.477 e. The van der Waals surface area contributed by atoms with E-state index in [0.29, 0.717) is 5.75 Å². The summed E-state index contributed by atoms with van der Waals surface area (Å²) in [5, 5.41) is 19.6. The maximum Gasteiger partial charge on any atom is 0.342 e. The number of aromatic carboxylic acids is 1. The van der Waals surface area contributed by atoms with Crippen LogP contribution in [0.2, 0.25) is 0 Å². The van der Waals surface area contributed by atoms with E-state index < -0.39 is 22.1 Å². The minimum atomic E-state index is -1.41. The van der Waals surface area contributed by atoms with Gasteiger partial charge in [-0.1, -0.05) is 18.2 Å². The first kappa shape index (κ1) is 12.5. The summed E-state index contributed by atoms with van der Waals surface area (Å²) in [4.78, 5) is 24.5. The Hall–Kier alpha value is -2.96. The summed E-state index contributed by atoms with van der Waals surface area (Å²) >= 11 is 0. The highest BCUT2D eigenvalue weighted by atomic mass is 16.6. The van der Waals surface area contributed by atoms with Crippen molar-refractivity contribution in [3.63, 3.8) is 0 Å². The zero-order valence-electron chi connectivity index (χ0n) is 9.52. The lowest BCUT2D eigenvalue weighted by Crippen LogP contribution is -2.04. The monoisotopic (exact) mass is 260 g/mol. The second-order valence-electron chi connectivity index (χ2n) is 3.52. The second kappa shape index (κ2) is 5.13. The van der Waals surface area contributed by atoms with Crippen LogP contribution in [0.3, 0.4) is 0 Å². The van der Waals surface area contributed by atoms with Gasteiger partial charge < -0.3 is 9.84 Å². The Morgan fingerprint density at radius 1 is 1.32 bits per heavy atom. The van der Waals surface area contributed by atoms with Crippen molar-refractivity contribution >= 4 is 11.7 Å². The summed E-state index contributed by atoms with van der Waals surface area (Å²) in [6.07, 6.45) is 0.863. The Balaban J connectivity index is 2.36. The molecule has 0 aliphatic heterocycles. The number of carboxylic acids is 1. The number of aromatic nitrogens is 1. The van der Waals surface area contributed by atoms with Crippen LogP contribution in [0.15, 0.2) is 42.6 Å². The number of pyridine rings is 1. The Morgan fingerprint density at radius 3 is 2.58 bits per heavy atom. The zero-order valence-corrected chi connectivity index (χ0v) is 9.52. The van der Waals surface area contributed by atoms with Crippen molar-refractivity contribution in [2.45, 2.75) is 0 Å². The Morgan fingerprint density at radius 2 is 2.00 bits per heavy atom. The molecule has 7 heteroatoms. The molecule has 0 bridgehead atoms. The SMILES string of the molecule is O=C(O)c1cc(Oc2ccccc2)ncc1[N+](=O)[O-]. The fourth-order valence-electron chi connectivity index (χ4n) is 1.41. The molecule has 0 amide bonds. The van der Waals surface area contributed by atoms with E-state index in [1.807, 2.05) is 0 Å². The lowest BCUT2D eigenvalue weighted by atomic mass is 10.2. The molecule has 96 valence electrons. The third kappa shape index (κ3) is 2.83. The normalized spacial score (nSPS) is 9.89. The zero-order chi connectivity index (χ0) is 13.8. The molecule has 1 aromatic heterocycles. The number of rotatable bonds is 4. The molecular formula is C12H8N2O5. The maximum absolute atomic E-state index is 10.9. The van der Waals surface area contributed by atoms with Crippen LogP contribution in [0.4, 0.5) is 5.69 Å². The number of nitro groups is 1. The molecule has 1 heterocycles. The maximum atomic E-state index is 10.9. The standard InChI is InChI=1S/C12H8N2O5/c15-12(16)9-6-11(13-7-10(9)14(17)18)19-8-4-2-1-3-5-8/h1-7H,(H,15,16). The third-order valence-corrected chi connectivity index (χ3v) is 2.25. The van der Waals surface area contributed by atoms with E-state index in [1.54, 1.807) is 30.3 Å². The first-order valence-electron chi connectivity index (χ1n) is 5.18. The molecule has 1 N–H and O–H groups in total. The molecule has 0 atom stereocenters. The van der Waals surface area contributed by atoms with Crippen LogP contribution in [-0.2, 0) is 0 Å². The second-order valence-corrected chi connectivity index (χ2v) is 3.52. The van der Waals surface area contributed by atoms with Crippen molar-refractivity contribution in [1.82, 2.24) is 4.98 Å². The van der Waals surface area contributed by atoms with Crippen molar-refractivity contribution in [3.8, 4) is 11.6 Å². The molecule has 0 aliphatic rings. The average molecular weight is 260 g/mol. The van der Waals surface area contributed by atoms with Gasteiger partial charge in [-0.25, -0.2) is 9.78 Å². The van der Waals surface area contributed by atoms with E-state index in [2.05, 4.69) is 4.98 Å². The number of carbonyl (C=O) groups is 1. The molecule has 0 aliphatic carbocycles. The first-order valence-corrected chi connectivity index (χ1v) is 5.18. The summed E-state index contributed by atoms with van der Waals surface area (Å²) in [5.74, 6) is -0.971. The molecule has 0 saturated carbocycles. The van der Waals surface area contributed by atoms with E-state index in [9.17, 15) is 14.9 Å². The van der Waals surface area contributed by atoms with Crippen molar-refractivity contribution in [1.29, 1.82) is 0 Å². The summed E-state index contributed by atoms with van der Waals surface area (Å²) in [6.45, 7) is 0. The lowest BCUT2D eigenvalue weighted by molar-refractivity contribution is -0.385. The highest BCUT2D eigenvalue weighted by Crippen LogP contribution is 2.24. The van der Waals surface area contributed by atoms with Crippen LogP contribution in [0.25, 0.3) is 0 Å². The van der Waals surface area contributed by atoms with E-state index in [4.69, 9.17) is 9.84 Å². The van der Waals surface area contributed by atoms with E-state index in [-0.39, 0.29) is 5.88 Å². The molecule has 2 aromatic rings. The molecule has 2 rings (SSSR count). The molecule has 0 fully saturated rings. The number of hydrogen-bond donors (Lipinski definition) is 1. The molecule has 7 nitrogen and oxygen atoms in total. The predicted octanol–water partition coefficient (Wildman–Crippen LogP) is 2.48. The summed E-state index contributed by atoms with van der Waals surface area (Å²) < 4.78 is 5.31. The fourth-order valence-corrected chi connectivity index (χ4v) is 1.41. The van der Waals surface area contributed by atoms with Crippen molar-refractivity contribution < 1.29 is 19.6 Å². The quantitative estimate of drug-likeness (QED) is 0.669. The number of para-hydroxylation sites is 1. The van der Waals surface area contributed by atoms with Crippen LogP contribution < -0.4 is 4.74 Å². The van der Waals surface area contributed by atoms with Gasteiger partial charge in [0, 0.05) is 6.07 Å². The van der Waals surface area contributed by atoms with Crippen LogP contribution in [0.5, 0.6) is 11.6 Å². The van der Waals surface area contributed by atoms with Gasteiger partial charge in [-0.05, 0) is 12.1 Å². The number of nitrogens with zero attached hydrogens (tertiary/aromatic N) is 2. The van der Waals surface area contributed by atoms with Crippen LogP contribution in [0, 0.1) is 10.1 Å². The number of hydrogen-bond acceptors (Lipinski definition) is 5. The summed E-state index contributed by atoms with van der Waals surface area (Å²) in [7, 11) is 0. The van der Waals surface area contributed by atoms with E-state index >= 15 is 0 Å². The third-order valence-electron chi connectivity index (χ3n) is 2.25. The largest absolute Gasteiger partial charge is 0.477 e. The van der Waals surface area contributed by atoms with Crippen LogP contribution in [-0.4, -0.2) is 21.0 Å². The van der Waals surface area contributed by atoms with Gasteiger partial charge in [-0.15, -0.1) is 0 Å².